The number of hydrogen-bond acceptors (Lipinski definition) is 3. The molecule has 2 atom stereocenters. The summed E-state index contributed by atoms with van der Waals surface area (Å²) in [4.78, 5) is 25.4. The summed E-state index contributed by atoms with van der Waals surface area (Å²) < 4.78 is 1.92. The maximum absolute atomic E-state index is 12.8. The summed E-state index contributed by atoms with van der Waals surface area (Å²) >= 11 is 1.60. The normalized spacial score (nSPS) is 18.5. The molecule has 0 aliphatic heterocycles. The SMILES string of the molecule is O=C(Nc1ccc2sc3ccccc3c(=O)c2c1)[C@@H]1C[C@H]1c1ccccc1. The highest BCUT2D eigenvalue weighted by molar-refractivity contribution is 7.24. The van der Waals surface area contributed by atoms with Crippen molar-refractivity contribution in [2.24, 2.45) is 5.92 Å². The monoisotopic (exact) mass is 371 g/mol. The van der Waals surface area contributed by atoms with Crippen LogP contribution in [0.2, 0.25) is 0 Å². The predicted molar refractivity (Wildman–Crippen MR) is 112 cm³/mol. The average Bonchev–Trinajstić information content (AvgIpc) is 3.51. The fourth-order valence-corrected chi connectivity index (χ4v) is 4.72. The smallest absolute Gasteiger partial charge is 0.228 e. The zero-order chi connectivity index (χ0) is 18.4. The van der Waals surface area contributed by atoms with Crippen LogP contribution in [0.15, 0.2) is 77.6 Å². The molecule has 1 fully saturated rings. The van der Waals surface area contributed by atoms with Gasteiger partial charge in [0.1, 0.15) is 0 Å². The van der Waals surface area contributed by atoms with Gasteiger partial charge in [-0.3, -0.25) is 9.59 Å². The molecule has 0 unspecified atom stereocenters. The molecular weight excluding hydrogens is 354 g/mol. The third-order valence-electron chi connectivity index (χ3n) is 5.20. The van der Waals surface area contributed by atoms with Crippen molar-refractivity contribution in [3.63, 3.8) is 0 Å². The Balaban J connectivity index is 1.42. The minimum Gasteiger partial charge on any atom is -0.326 e. The first-order chi connectivity index (χ1) is 13.2. The Kier molecular flexibility index (Phi) is 3.80. The fourth-order valence-electron chi connectivity index (χ4n) is 3.67. The summed E-state index contributed by atoms with van der Waals surface area (Å²) in [5, 5.41) is 4.38. The van der Waals surface area contributed by atoms with Crippen molar-refractivity contribution in [2.75, 3.05) is 5.32 Å². The number of carbonyl (C=O) groups excluding carboxylic acids is 1. The number of hydrogen-bond donors (Lipinski definition) is 1. The Bertz CT molecular complexity index is 1230. The third-order valence-corrected chi connectivity index (χ3v) is 6.35. The van der Waals surface area contributed by atoms with Crippen LogP contribution in [0.3, 0.4) is 0 Å². The van der Waals surface area contributed by atoms with Crippen molar-refractivity contribution >= 4 is 43.1 Å². The minimum atomic E-state index is 0.00855. The number of amides is 1. The van der Waals surface area contributed by atoms with E-state index in [1.165, 1.54) is 5.56 Å². The molecule has 1 saturated carbocycles. The van der Waals surface area contributed by atoms with E-state index in [1.807, 2.05) is 54.6 Å². The van der Waals surface area contributed by atoms with Crippen molar-refractivity contribution in [1.29, 1.82) is 0 Å². The lowest BCUT2D eigenvalue weighted by atomic mass is 10.1. The van der Waals surface area contributed by atoms with Crippen LogP contribution in [0.4, 0.5) is 5.69 Å². The van der Waals surface area contributed by atoms with Crippen LogP contribution in [-0.2, 0) is 4.79 Å². The highest BCUT2D eigenvalue weighted by Crippen LogP contribution is 2.47. The quantitative estimate of drug-likeness (QED) is 0.506. The maximum Gasteiger partial charge on any atom is 0.228 e. The molecule has 1 amide bonds. The van der Waals surface area contributed by atoms with E-state index in [9.17, 15) is 9.59 Å². The highest BCUT2D eigenvalue weighted by atomic mass is 32.1. The first-order valence-corrected chi connectivity index (χ1v) is 9.84. The molecule has 27 heavy (non-hydrogen) atoms. The standard InChI is InChI=1S/C23H17NO2S/c25-22-16-8-4-5-9-20(16)27-21-11-10-15(12-19(21)22)24-23(26)18-13-17(18)14-6-2-1-3-7-14/h1-12,17-18H,13H2,(H,24,26)/t17-,18+/m0/s1. The predicted octanol–water partition coefficient (Wildman–Crippen LogP) is 5.16. The van der Waals surface area contributed by atoms with Crippen molar-refractivity contribution in [3.8, 4) is 0 Å². The van der Waals surface area contributed by atoms with Crippen LogP contribution in [0.25, 0.3) is 20.2 Å². The van der Waals surface area contributed by atoms with Gasteiger partial charge in [-0.2, -0.15) is 0 Å². The topological polar surface area (TPSA) is 46.2 Å². The molecule has 1 aliphatic rings. The molecule has 0 bridgehead atoms. The number of nitrogens with one attached hydrogen (secondary N) is 1. The molecule has 0 radical (unpaired) electrons. The first-order valence-electron chi connectivity index (χ1n) is 9.02. The maximum atomic E-state index is 12.8. The molecule has 1 N–H and O–H groups in total. The average molecular weight is 371 g/mol. The van der Waals surface area contributed by atoms with Gasteiger partial charge in [-0.1, -0.05) is 42.5 Å². The molecule has 4 heteroatoms. The molecule has 3 aromatic carbocycles. The van der Waals surface area contributed by atoms with E-state index < -0.39 is 0 Å². The van der Waals surface area contributed by atoms with Gasteiger partial charge >= 0.3 is 0 Å². The lowest BCUT2D eigenvalue weighted by Gasteiger charge is -2.07. The molecule has 1 heterocycles. The second kappa shape index (κ2) is 6.32. The molecule has 1 aromatic heterocycles. The van der Waals surface area contributed by atoms with E-state index in [-0.39, 0.29) is 17.3 Å². The van der Waals surface area contributed by atoms with Gasteiger partial charge in [0.2, 0.25) is 5.91 Å². The molecule has 0 spiro atoms. The fraction of sp³-hybridized carbons (Fsp3) is 0.130. The Labute approximate surface area is 160 Å². The molecular formula is C23H17NO2S. The van der Waals surface area contributed by atoms with E-state index in [1.54, 1.807) is 17.4 Å². The van der Waals surface area contributed by atoms with Gasteiger partial charge in [0.05, 0.1) is 0 Å². The summed E-state index contributed by atoms with van der Waals surface area (Å²) in [6.45, 7) is 0. The molecule has 132 valence electrons. The van der Waals surface area contributed by atoms with Gasteiger partial charge in [-0.15, -0.1) is 11.3 Å². The minimum absolute atomic E-state index is 0.00855. The molecule has 4 aromatic rings. The van der Waals surface area contributed by atoms with Crippen LogP contribution in [0.1, 0.15) is 17.9 Å². The van der Waals surface area contributed by atoms with Gasteiger partial charge in [0.25, 0.3) is 0 Å². The van der Waals surface area contributed by atoms with Gasteiger partial charge in [-0.05, 0) is 48.2 Å². The largest absolute Gasteiger partial charge is 0.326 e. The Hall–Kier alpha value is -2.98. The van der Waals surface area contributed by atoms with E-state index in [4.69, 9.17) is 0 Å². The van der Waals surface area contributed by atoms with E-state index in [2.05, 4.69) is 17.4 Å². The summed E-state index contributed by atoms with van der Waals surface area (Å²) in [6.07, 6.45) is 0.878. The third kappa shape index (κ3) is 2.92. The Morgan fingerprint density at radius 3 is 2.48 bits per heavy atom. The van der Waals surface area contributed by atoms with Crippen LogP contribution >= 0.6 is 11.3 Å². The van der Waals surface area contributed by atoms with Crippen LogP contribution in [0, 0.1) is 5.92 Å². The first kappa shape index (κ1) is 16.2. The van der Waals surface area contributed by atoms with Gasteiger partial charge < -0.3 is 5.32 Å². The second-order valence-electron chi connectivity index (χ2n) is 6.99. The lowest BCUT2D eigenvalue weighted by Crippen LogP contribution is -2.14. The van der Waals surface area contributed by atoms with Gasteiger partial charge in [-0.25, -0.2) is 0 Å². The Morgan fingerprint density at radius 1 is 0.889 bits per heavy atom. The number of benzene rings is 3. The summed E-state index contributed by atoms with van der Waals surface area (Å²) in [7, 11) is 0. The number of fused-ring (bicyclic) bond motifs is 2. The number of anilines is 1. The summed E-state index contributed by atoms with van der Waals surface area (Å²) in [5.41, 5.74) is 1.92. The van der Waals surface area contributed by atoms with E-state index in [0.717, 1.165) is 21.2 Å². The van der Waals surface area contributed by atoms with Gasteiger partial charge in [0.15, 0.2) is 5.43 Å². The zero-order valence-electron chi connectivity index (χ0n) is 14.5. The van der Waals surface area contributed by atoms with Crippen LogP contribution in [-0.4, -0.2) is 5.91 Å². The van der Waals surface area contributed by atoms with Crippen molar-refractivity contribution in [1.82, 2.24) is 0 Å². The molecule has 1 aliphatic carbocycles. The van der Waals surface area contributed by atoms with Crippen molar-refractivity contribution in [3.05, 3.63) is 88.6 Å². The van der Waals surface area contributed by atoms with Crippen molar-refractivity contribution in [2.45, 2.75) is 12.3 Å². The molecule has 3 nitrogen and oxygen atoms in total. The van der Waals surface area contributed by atoms with Crippen LogP contribution in [0.5, 0.6) is 0 Å². The van der Waals surface area contributed by atoms with E-state index in [0.29, 0.717) is 17.0 Å². The number of rotatable bonds is 3. The number of carbonyl (C=O) groups is 1. The van der Waals surface area contributed by atoms with Crippen molar-refractivity contribution < 1.29 is 4.79 Å². The highest BCUT2D eigenvalue weighted by Gasteiger charge is 2.43. The summed E-state index contributed by atoms with van der Waals surface area (Å²) in [6, 6.07) is 23.4. The van der Waals surface area contributed by atoms with Crippen LogP contribution < -0.4 is 10.7 Å². The van der Waals surface area contributed by atoms with Gasteiger partial charge in [0, 0.05) is 31.8 Å². The second-order valence-corrected chi connectivity index (χ2v) is 8.07. The molecule has 5 rings (SSSR count). The Morgan fingerprint density at radius 2 is 1.63 bits per heavy atom. The summed E-state index contributed by atoms with van der Waals surface area (Å²) in [5.74, 6) is 0.335. The lowest BCUT2D eigenvalue weighted by molar-refractivity contribution is -0.117. The van der Waals surface area contributed by atoms with E-state index >= 15 is 0 Å². The molecule has 0 saturated heterocycles. The zero-order valence-corrected chi connectivity index (χ0v) is 15.3.